The predicted octanol–water partition coefficient (Wildman–Crippen LogP) is 4.73. The topological polar surface area (TPSA) is 43.6 Å². The molecule has 0 aliphatic heterocycles. The summed E-state index contributed by atoms with van der Waals surface area (Å²) in [5.74, 6) is 2.00. The number of aromatic nitrogens is 4. The number of hydrogen-bond acceptors (Lipinski definition) is 4. The summed E-state index contributed by atoms with van der Waals surface area (Å²) in [6.07, 6.45) is 5.46. The van der Waals surface area contributed by atoms with E-state index in [9.17, 15) is 0 Å². The van der Waals surface area contributed by atoms with Gasteiger partial charge in [0.05, 0.1) is 5.69 Å². The molecular weight excluding hydrogens is 316 g/mol. The molecule has 0 N–H and O–H groups in total. The molecule has 0 amide bonds. The van der Waals surface area contributed by atoms with Gasteiger partial charge in [0.1, 0.15) is 0 Å². The quantitative estimate of drug-likeness (QED) is 0.482. The van der Waals surface area contributed by atoms with Crippen molar-refractivity contribution in [3.05, 3.63) is 67.0 Å². The maximum absolute atomic E-state index is 4.43. The van der Waals surface area contributed by atoms with Crippen molar-refractivity contribution >= 4 is 11.8 Å². The number of hydrogen-bond donors (Lipinski definition) is 0. The van der Waals surface area contributed by atoms with E-state index in [0.717, 1.165) is 28.0 Å². The van der Waals surface area contributed by atoms with E-state index in [1.54, 1.807) is 18.0 Å². The number of pyridine rings is 1. The first-order valence-corrected chi connectivity index (χ1v) is 8.89. The second kappa shape index (κ2) is 7.45. The molecule has 3 rings (SSSR count). The van der Waals surface area contributed by atoms with Gasteiger partial charge in [0.2, 0.25) is 0 Å². The number of benzene rings is 1. The highest BCUT2D eigenvalue weighted by molar-refractivity contribution is 7.99. The molecule has 1 aromatic carbocycles. The van der Waals surface area contributed by atoms with Gasteiger partial charge in [0.25, 0.3) is 0 Å². The average molecular weight is 336 g/mol. The lowest BCUT2D eigenvalue weighted by molar-refractivity contribution is 0.819. The van der Waals surface area contributed by atoms with Crippen molar-refractivity contribution in [2.24, 2.45) is 0 Å². The molecule has 0 spiro atoms. The standard InChI is InChI=1S/C19H20N4S/c1-4-12-24-19-22-21-18(15-8-7-11-20-13-15)23(19)17-10-6-5-9-16(17)14(2)3/h4-11,13-14H,1,12H2,2-3H3. The maximum atomic E-state index is 4.43. The van der Waals surface area contributed by atoms with E-state index in [1.165, 1.54) is 5.56 Å². The van der Waals surface area contributed by atoms with Gasteiger partial charge < -0.3 is 0 Å². The largest absolute Gasteiger partial charge is 0.270 e. The van der Waals surface area contributed by atoms with Crippen LogP contribution in [0.15, 0.2) is 66.6 Å². The van der Waals surface area contributed by atoms with Crippen LogP contribution in [0.5, 0.6) is 0 Å². The second-order valence-electron chi connectivity index (χ2n) is 5.70. The van der Waals surface area contributed by atoms with Crippen molar-refractivity contribution in [1.82, 2.24) is 19.7 Å². The minimum absolute atomic E-state index is 0.405. The van der Waals surface area contributed by atoms with Crippen LogP contribution in [-0.2, 0) is 0 Å². The van der Waals surface area contributed by atoms with Crippen LogP contribution in [0.4, 0.5) is 0 Å². The Morgan fingerprint density at radius 3 is 2.71 bits per heavy atom. The molecule has 0 bridgehead atoms. The molecular formula is C19H20N4S. The lowest BCUT2D eigenvalue weighted by Crippen LogP contribution is -2.05. The van der Waals surface area contributed by atoms with Crippen LogP contribution in [0, 0.1) is 0 Å². The highest BCUT2D eigenvalue weighted by Gasteiger charge is 2.19. The zero-order valence-electron chi connectivity index (χ0n) is 13.9. The van der Waals surface area contributed by atoms with Crippen LogP contribution in [0.2, 0.25) is 0 Å². The molecule has 2 aromatic heterocycles. The molecule has 0 saturated carbocycles. The fourth-order valence-corrected chi connectivity index (χ4v) is 3.25. The van der Waals surface area contributed by atoms with Crippen molar-refractivity contribution < 1.29 is 0 Å². The molecule has 24 heavy (non-hydrogen) atoms. The maximum Gasteiger partial charge on any atom is 0.196 e. The minimum Gasteiger partial charge on any atom is -0.270 e. The number of para-hydroxylation sites is 1. The Hall–Kier alpha value is -2.40. The van der Waals surface area contributed by atoms with Crippen LogP contribution in [0.1, 0.15) is 25.3 Å². The Bertz CT molecular complexity index is 824. The van der Waals surface area contributed by atoms with Gasteiger partial charge in [-0.15, -0.1) is 16.8 Å². The molecule has 3 aromatic rings. The van der Waals surface area contributed by atoms with Crippen LogP contribution in [0.25, 0.3) is 17.1 Å². The third-order valence-corrected chi connectivity index (χ3v) is 4.61. The van der Waals surface area contributed by atoms with E-state index in [2.05, 4.69) is 64.4 Å². The van der Waals surface area contributed by atoms with Crippen molar-refractivity contribution in [2.45, 2.75) is 24.9 Å². The van der Waals surface area contributed by atoms with Crippen molar-refractivity contribution in [2.75, 3.05) is 5.75 Å². The summed E-state index contributed by atoms with van der Waals surface area (Å²) >= 11 is 1.63. The van der Waals surface area contributed by atoms with Gasteiger partial charge in [-0.3, -0.25) is 9.55 Å². The summed E-state index contributed by atoms with van der Waals surface area (Å²) < 4.78 is 2.13. The Morgan fingerprint density at radius 1 is 1.17 bits per heavy atom. The van der Waals surface area contributed by atoms with Gasteiger partial charge in [-0.05, 0) is 29.7 Å². The lowest BCUT2D eigenvalue weighted by atomic mass is 10.0. The average Bonchev–Trinajstić information content (AvgIpc) is 3.04. The summed E-state index contributed by atoms with van der Waals surface area (Å²) in [5, 5.41) is 9.70. The minimum atomic E-state index is 0.405. The second-order valence-corrected chi connectivity index (χ2v) is 6.68. The third kappa shape index (κ3) is 3.26. The fourth-order valence-electron chi connectivity index (χ4n) is 2.58. The van der Waals surface area contributed by atoms with Crippen molar-refractivity contribution in [3.8, 4) is 17.1 Å². The predicted molar refractivity (Wildman–Crippen MR) is 99.6 cm³/mol. The number of rotatable bonds is 6. The van der Waals surface area contributed by atoms with Gasteiger partial charge in [0, 0.05) is 23.7 Å². The Labute approximate surface area is 146 Å². The van der Waals surface area contributed by atoms with Crippen molar-refractivity contribution in [3.63, 3.8) is 0 Å². The Balaban J connectivity index is 2.21. The molecule has 0 atom stereocenters. The van der Waals surface area contributed by atoms with Gasteiger partial charge >= 0.3 is 0 Å². The first-order chi connectivity index (χ1) is 11.7. The summed E-state index contributed by atoms with van der Waals surface area (Å²) in [6.45, 7) is 8.20. The van der Waals surface area contributed by atoms with Crippen LogP contribution >= 0.6 is 11.8 Å². The van der Waals surface area contributed by atoms with E-state index < -0.39 is 0 Å². The number of nitrogens with zero attached hydrogens (tertiary/aromatic N) is 4. The van der Waals surface area contributed by atoms with Gasteiger partial charge in [0.15, 0.2) is 11.0 Å². The van der Waals surface area contributed by atoms with Crippen LogP contribution < -0.4 is 0 Å². The van der Waals surface area contributed by atoms with Gasteiger partial charge in [-0.2, -0.15) is 0 Å². The Morgan fingerprint density at radius 2 is 2.00 bits per heavy atom. The smallest absolute Gasteiger partial charge is 0.196 e. The van der Waals surface area contributed by atoms with Crippen LogP contribution in [-0.4, -0.2) is 25.5 Å². The molecule has 4 nitrogen and oxygen atoms in total. The van der Waals surface area contributed by atoms with E-state index >= 15 is 0 Å². The zero-order chi connectivity index (χ0) is 16.9. The molecule has 2 heterocycles. The van der Waals surface area contributed by atoms with E-state index in [-0.39, 0.29) is 0 Å². The SMILES string of the molecule is C=CCSc1nnc(-c2cccnc2)n1-c1ccccc1C(C)C. The summed E-state index contributed by atoms with van der Waals surface area (Å²) in [7, 11) is 0. The summed E-state index contributed by atoms with van der Waals surface area (Å²) in [4.78, 5) is 4.22. The molecule has 0 unspecified atom stereocenters. The lowest BCUT2D eigenvalue weighted by Gasteiger charge is -2.16. The fraction of sp³-hybridized carbons (Fsp3) is 0.211. The molecule has 0 saturated heterocycles. The molecule has 0 fully saturated rings. The first kappa shape index (κ1) is 16.5. The highest BCUT2D eigenvalue weighted by Crippen LogP contribution is 2.31. The summed E-state index contributed by atoms with van der Waals surface area (Å²) in [6, 6.07) is 12.3. The van der Waals surface area contributed by atoms with Gasteiger partial charge in [-0.25, -0.2) is 0 Å². The molecule has 0 aliphatic rings. The van der Waals surface area contributed by atoms with E-state index in [1.807, 2.05) is 24.4 Å². The molecule has 5 heteroatoms. The molecule has 122 valence electrons. The normalized spacial score (nSPS) is 11.0. The Kier molecular flexibility index (Phi) is 5.11. The highest BCUT2D eigenvalue weighted by atomic mass is 32.2. The van der Waals surface area contributed by atoms with Crippen molar-refractivity contribution in [1.29, 1.82) is 0 Å². The summed E-state index contributed by atoms with van der Waals surface area (Å²) in [5.41, 5.74) is 3.33. The van der Waals surface area contributed by atoms with Crippen LogP contribution in [0.3, 0.4) is 0 Å². The molecule has 0 aliphatic carbocycles. The van der Waals surface area contributed by atoms with E-state index in [4.69, 9.17) is 0 Å². The monoisotopic (exact) mass is 336 g/mol. The number of thioether (sulfide) groups is 1. The zero-order valence-corrected chi connectivity index (χ0v) is 14.7. The third-order valence-electron chi connectivity index (χ3n) is 3.68. The van der Waals surface area contributed by atoms with E-state index in [0.29, 0.717) is 5.92 Å². The van der Waals surface area contributed by atoms with Gasteiger partial charge in [-0.1, -0.05) is 49.9 Å². The first-order valence-electron chi connectivity index (χ1n) is 7.91. The molecule has 0 radical (unpaired) electrons.